The molecular formula is C9H11NOS. The Hall–Kier alpha value is -0.540. The average Bonchev–Trinajstić information content (AvgIpc) is 2.62. The highest BCUT2D eigenvalue weighted by molar-refractivity contribution is 7.14. The Morgan fingerprint density at radius 2 is 2.58 bits per heavy atom. The number of anilines is 1. The van der Waals surface area contributed by atoms with Gasteiger partial charge in [0.2, 0.25) is 0 Å². The molecule has 0 amide bonds. The topological polar surface area (TPSA) is 21.3 Å². The molecule has 12 heavy (non-hydrogen) atoms. The van der Waals surface area contributed by atoms with E-state index in [4.69, 9.17) is 4.74 Å². The third-order valence-corrected chi connectivity index (χ3v) is 3.63. The van der Waals surface area contributed by atoms with Crippen molar-refractivity contribution >= 4 is 16.3 Å². The van der Waals surface area contributed by atoms with Crippen LogP contribution in [0.5, 0.6) is 0 Å². The normalized spacial score (nSPS) is 32.3. The highest BCUT2D eigenvalue weighted by Gasteiger charge is 2.35. The van der Waals surface area contributed by atoms with Crippen LogP contribution in [0.25, 0.3) is 0 Å². The molecular weight excluding hydrogens is 170 g/mol. The second-order valence-electron chi connectivity index (χ2n) is 3.43. The molecule has 1 fully saturated rings. The van der Waals surface area contributed by atoms with Crippen LogP contribution in [0.3, 0.4) is 0 Å². The molecule has 1 aromatic rings. The summed E-state index contributed by atoms with van der Waals surface area (Å²) in [5.41, 5.74) is 1.48. The van der Waals surface area contributed by atoms with Crippen molar-refractivity contribution in [2.75, 3.05) is 18.5 Å². The lowest BCUT2D eigenvalue weighted by Gasteiger charge is -2.25. The zero-order valence-electron chi connectivity index (χ0n) is 6.75. The molecule has 1 N–H and O–H groups in total. The predicted molar refractivity (Wildman–Crippen MR) is 49.9 cm³/mol. The fraction of sp³-hybridized carbons (Fsp3) is 0.556. The van der Waals surface area contributed by atoms with E-state index in [1.165, 1.54) is 10.6 Å². The molecule has 64 valence electrons. The molecule has 0 spiro atoms. The number of nitrogens with one attached hydrogen (secondary N) is 1. The largest absolute Gasteiger partial charge is 0.381 e. The lowest BCUT2D eigenvalue weighted by Crippen LogP contribution is -2.30. The Balaban J connectivity index is 1.98. The van der Waals surface area contributed by atoms with Crippen LogP contribution in [0.2, 0.25) is 0 Å². The highest BCUT2D eigenvalue weighted by atomic mass is 32.1. The number of hydrogen-bond acceptors (Lipinski definition) is 3. The first kappa shape index (κ1) is 6.92. The van der Waals surface area contributed by atoms with Gasteiger partial charge in [0, 0.05) is 18.6 Å². The number of fused-ring (bicyclic) bond motifs is 3. The third kappa shape index (κ3) is 0.836. The van der Waals surface area contributed by atoms with E-state index < -0.39 is 0 Å². The van der Waals surface area contributed by atoms with Crippen LogP contribution in [0.15, 0.2) is 11.4 Å². The molecule has 2 nitrogen and oxygen atoms in total. The van der Waals surface area contributed by atoms with Gasteiger partial charge in [0.05, 0.1) is 11.6 Å². The van der Waals surface area contributed by atoms with E-state index in [0.717, 1.165) is 19.6 Å². The molecule has 2 aliphatic heterocycles. The predicted octanol–water partition coefficient (Wildman–Crippen LogP) is 2.05. The van der Waals surface area contributed by atoms with Crippen LogP contribution in [-0.4, -0.2) is 19.3 Å². The SMILES string of the molecule is c1cc2c(s1)NC1CCOCC21. The van der Waals surface area contributed by atoms with Crippen LogP contribution in [0, 0.1) is 0 Å². The molecule has 2 atom stereocenters. The molecule has 2 aliphatic rings. The summed E-state index contributed by atoms with van der Waals surface area (Å²) in [5, 5.41) is 7.08. The fourth-order valence-electron chi connectivity index (χ4n) is 2.11. The van der Waals surface area contributed by atoms with Gasteiger partial charge in [-0.05, 0) is 23.4 Å². The number of hydrogen-bond donors (Lipinski definition) is 1. The first-order valence-electron chi connectivity index (χ1n) is 4.37. The molecule has 0 radical (unpaired) electrons. The van der Waals surface area contributed by atoms with Crippen LogP contribution >= 0.6 is 11.3 Å². The van der Waals surface area contributed by atoms with Crippen molar-refractivity contribution in [3.8, 4) is 0 Å². The maximum absolute atomic E-state index is 5.47. The van der Waals surface area contributed by atoms with E-state index in [9.17, 15) is 0 Å². The van der Waals surface area contributed by atoms with Gasteiger partial charge in [0.25, 0.3) is 0 Å². The minimum atomic E-state index is 0.625. The zero-order chi connectivity index (χ0) is 7.97. The van der Waals surface area contributed by atoms with Crippen LogP contribution in [-0.2, 0) is 4.74 Å². The van der Waals surface area contributed by atoms with Gasteiger partial charge in [-0.15, -0.1) is 11.3 Å². The van der Waals surface area contributed by atoms with Crippen LogP contribution < -0.4 is 5.32 Å². The lowest BCUT2D eigenvalue weighted by atomic mass is 9.94. The van der Waals surface area contributed by atoms with Gasteiger partial charge in [-0.2, -0.15) is 0 Å². The molecule has 0 aromatic carbocycles. The summed E-state index contributed by atoms with van der Waals surface area (Å²) in [7, 11) is 0. The molecule has 1 saturated heterocycles. The molecule has 2 unspecified atom stereocenters. The number of ether oxygens (including phenoxy) is 1. The van der Waals surface area contributed by atoms with Gasteiger partial charge >= 0.3 is 0 Å². The molecule has 1 aromatic heterocycles. The fourth-order valence-corrected chi connectivity index (χ4v) is 3.04. The van der Waals surface area contributed by atoms with Crippen LogP contribution in [0.1, 0.15) is 17.9 Å². The van der Waals surface area contributed by atoms with Crippen molar-refractivity contribution in [3.63, 3.8) is 0 Å². The van der Waals surface area contributed by atoms with E-state index >= 15 is 0 Å². The molecule has 3 heterocycles. The highest BCUT2D eigenvalue weighted by Crippen LogP contribution is 2.42. The van der Waals surface area contributed by atoms with E-state index in [2.05, 4.69) is 16.8 Å². The molecule has 0 bridgehead atoms. The Morgan fingerprint density at radius 3 is 3.58 bits per heavy atom. The maximum atomic E-state index is 5.47. The summed E-state index contributed by atoms with van der Waals surface area (Å²) in [6.45, 7) is 1.82. The quantitative estimate of drug-likeness (QED) is 0.661. The summed E-state index contributed by atoms with van der Waals surface area (Å²) in [4.78, 5) is 0. The van der Waals surface area contributed by atoms with Crippen molar-refractivity contribution in [3.05, 3.63) is 17.0 Å². The van der Waals surface area contributed by atoms with Gasteiger partial charge in [0.15, 0.2) is 0 Å². The third-order valence-electron chi connectivity index (χ3n) is 2.77. The minimum absolute atomic E-state index is 0.625. The maximum Gasteiger partial charge on any atom is 0.0921 e. The van der Waals surface area contributed by atoms with Gasteiger partial charge in [-0.25, -0.2) is 0 Å². The lowest BCUT2D eigenvalue weighted by molar-refractivity contribution is 0.0769. The summed E-state index contributed by atoms with van der Waals surface area (Å²) < 4.78 is 5.47. The summed E-state index contributed by atoms with van der Waals surface area (Å²) >= 11 is 1.81. The Morgan fingerprint density at radius 1 is 1.58 bits per heavy atom. The summed E-state index contributed by atoms with van der Waals surface area (Å²) in [6.07, 6.45) is 1.16. The molecule has 3 heteroatoms. The molecule has 3 rings (SSSR count). The standard InChI is InChI=1S/C9H11NOS/c1-3-11-5-7-6-2-4-12-9(6)10-8(1)7/h2,4,7-8,10H,1,3,5H2. The van der Waals surface area contributed by atoms with Crippen molar-refractivity contribution in [1.29, 1.82) is 0 Å². The van der Waals surface area contributed by atoms with Crippen molar-refractivity contribution < 1.29 is 4.74 Å². The Bertz CT molecular complexity index is 296. The van der Waals surface area contributed by atoms with Gasteiger partial charge in [-0.1, -0.05) is 0 Å². The Kier molecular flexibility index (Phi) is 1.43. The smallest absolute Gasteiger partial charge is 0.0921 e. The first-order chi connectivity index (χ1) is 5.95. The molecule has 0 saturated carbocycles. The van der Waals surface area contributed by atoms with E-state index in [0.29, 0.717) is 12.0 Å². The zero-order valence-corrected chi connectivity index (χ0v) is 7.56. The van der Waals surface area contributed by atoms with Gasteiger partial charge < -0.3 is 10.1 Å². The number of thiophene rings is 1. The Labute approximate surface area is 75.5 Å². The van der Waals surface area contributed by atoms with E-state index in [1.54, 1.807) is 0 Å². The van der Waals surface area contributed by atoms with Gasteiger partial charge in [0.1, 0.15) is 0 Å². The minimum Gasteiger partial charge on any atom is -0.381 e. The summed E-state index contributed by atoms with van der Waals surface area (Å²) in [5.74, 6) is 0.625. The van der Waals surface area contributed by atoms with Gasteiger partial charge in [-0.3, -0.25) is 0 Å². The van der Waals surface area contributed by atoms with Crippen molar-refractivity contribution in [1.82, 2.24) is 0 Å². The second-order valence-corrected chi connectivity index (χ2v) is 4.34. The second kappa shape index (κ2) is 2.47. The molecule has 0 aliphatic carbocycles. The van der Waals surface area contributed by atoms with Crippen molar-refractivity contribution in [2.45, 2.75) is 18.4 Å². The van der Waals surface area contributed by atoms with Crippen LogP contribution in [0.4, 0.5) is 5.00 Å². The summed E-state index contributed by atoms with van der Waals surface area (Å²) in [6, 6.07) is 2.88. The average molecular weight is 181 g/mol. The van der Waals surface area contributed by atoms with E-state index in [1.807, 2.05) is 11.3 Å². The van der Waals surface area contributed by atoms with E-state index in [-0.39, 0.29) is 0 Å². The first-order valence-corrected chi connectivity index (χ1v) is 5.25. The van der Waals surface area contributed by atoms with Crippen molar-refractivity contribution in [2.24, 2.45) is 0 Å². The number of rotatable bonds is 0. The monoisotopic (exact) mass is 181 g/mol.